The van der Waals surface area contributed by atoms with Gasteiger partial charge in [-0.1, -0.05) is 12.8 Å². The standard InChI is InChI=1S/C27H30F3N5O5/c1-13(31)23-22(24(36)32-15-11-16(12-15)39-26(37)33-14-5-3-4-6-14)35-25(40-23)18-7-9-19(38-2)21-17(18)8-10-20(34-21)27(28,29)30/h7-10,13-16H,3-6,11-12,31H2,1-2H3,(H,32,36)(H,33,37)/t13-,15?,16?/m0/s1. The van der Waals surface area contributed by atoms with E-state index in [-0.39, 0.29) is 46.8 Å². The molecule has 2 aliphatic rings. The van der Waals surface area contributed by atoms with Crippen LogP contribution in [0.4, 0.5) is 18.0 Å². The van der Waals surface area contributed by atoms with Crippen molar-refractivity contribution in [3.63, 3.8) is 0 Å². The monoisotopic (exact) mass is 561 g/mol. The van der Waals surface area contributed by atoms with Gasteiger partial charge in [-0.15, -0.1) is 0 Å². The molecular weight excluding hydrogens is 531 g/mol. The van der Waals surface area contributed by atoms with Gasteiger partial charge < -0.3 is 30.3 Å². The smallest absolute Gasteiger partial charge is 0.433 e. The molecule has 0 aliphatic heterocycles. The van der Waals surface area contributed by atoms with Gasteiger partial charge in [0.1, 0.15) is 23.1 Å². The molecule has 5 rings (SSSR count). The second-order valence-corrected chi connectivity index (χ2v) is 10.2. The van der Waals surface area contributed by atoms with Gasteiger partial charge in [-0.05, 0) is 44.0 Å². The summed E-state index contributed by atoms with van der Waals surface area (Å²) < 4.78 is 56.4. The van der Waals surface area contributed by atoms with Crippen LogP contribution >= 0.6 is 0 Å². The van der Waals surface area contributed by atoms with E-state index in [0.717, 1.165) is 31.7 Å². The van der Waals surface area contributed by atoms with E-state index in [1.54, 1.807) is 13.0 Å². The fourth-order valence-corrected chi connectivity index (χ4v) is 5.08. The molecule has 3 aromatic rings. The van der Waals surface area contributed by atoms with Crippen LogP contribution in [0.2, 0.25) is 0 Å². The Hall–Kier alpha value is -3.87. The van der Waals surface area contributed by atoms with Crippen molar-refractivity contribution in [2.75, 3.05) is 7.11 Å². The molecule has 2 heterocycles. The molecule has 0 spiro atoms. The predicted molar refractivity (Wildman–Crippen MR) is 138 cm³/mol. The number of hydrogen-bond donors (Lipinski definition) is 3. The molecule has 0 unspecified atom stereocenters. The van der Waals surface area contributed by atoms with Gasteiger partial charge in [-0.25, -0.2) is 14.8 Å². The normalized spacial score (nSPS) is 20.1. The molecule has 4 N–H and O–H groups in total. The number of amides is 2. The number of halogens is 3. The molecule has 2 aromatic heterocycles. The Kier molecular flexibility index (Phi) is 7.58. The fourth-order valence-electron chi connectivity index (χ4n) is 5.08. The lowest BCUT2D eigenvalue weighted by atomic mass is 9.89. The van der Waals surface area contributed by atoms with Crippen LogP contribution in [0, 0.1) is 0 Å². The molecule has 1 aromatic carbocycles. The van der Waals surface area contributed by atoms with E-state index in [2.05, 4.69) is 20.6 Å². The van der Waals surface area contributed by atoms with Crippen LogP contribution in [0.15, 0.2) is 28.7 Å². The number of nitrogens with zero attached hydrogens (tertiary/aromatic N) is 2. The molecule has 0 saturated heterocycles. The van der Waals surface area contributed by atoms with Gasteiger partial charge in [0, 0.05) is 35.9 Å². The van der Waals surface area contributed by atoms with Crippen LogP contribution in [0.5, 0.6) is 5.75 Å². The van der Waals surface area contributed by atoms with E-state index in [1.807, 2.05) is 0 Å². The van der Waals surface area contributed by atoms with E-state index >= 15 is 0 Å². The first-order chi connectivity index (χ1) is 19.0. The maximum absolute atomic E-state index is 13.3. The minimum absolute atomic E-state index is 0.00469. The summed E-state index contributed by atoms with van der Waals surface area (Å²) in [6.45, 7) is 1.63. The summed E-state index contributed by atoms with van der Waals surface area (Å²) in [5.74, 6) is -0.249. The highest BCUT2D eigenvalue weighted by molar-refractivity contribution is 5.98. The highest BCUT2D eigenvalue weighted by Crippen LogP contribution is 2.37. The minimum Gasteiger partial charge on any atom is -0.494 e. The first kappa shape index (κ1) is 27.7. The number of pyridine rings is 1. The third-order valence-electron chi connectivity index (χ3n) is 7.22. The van der Waals surface area contributed by atoms with Crippen molar-refractivity contribution in [1.29, 1.82) is 0 Å². The van der Waals surface area contributed by atoms with E-state index < -0.39 is 29.9 Å². The van der Waals surface area contributed by atoms with Crippen LogP contribution in [0.3, 0.4) is 0 Å². The Morgan fingerprint density at radius 1 is 1.07 bits per heavy atom. The second-order valence-electron chi connectivity index (χ2n) is 10.2. The number of aromatic nitrogens is 2. The third kappa shape index (κ3) is 5.69. The van der Waals surface area contributed by atoms with Crippen molar-refractivity contribution in [2.24, 2.45) is 5.73 Å². The summed E-state index contributed by atoms with van der Waals surface area (Å²) >= 11 is 0. The van der Waals surface area contributed by atoms with Gasteiger partial charge in [-0.2, -0.15) is 13.2 Å². The average molecular weight is 562 g/mol. The number of carbonyl (C=O) groups excluding carboxylic acids is 2. The Labute approximate surface area is 227 Å². The number of nitrogens with two attached hydrogens (primary N) is 1. The number of fused-ring (bicyclic) bond motifs is 1. The number of rotatable bonds is 7. The van der Waals surface area contributed by atoms with Gasteiger partial charge in [0.05, 0.1) is 13.2 Å². The summed E-state index contributed by atoms with van der Waals surface area (Å²) in [6.07, 6.45) is -0.360. The van der Waals surface area contributed by atoms with Gasteiger partial charge in [-0.3, -0.25) is 4.79 Å². The lowest BCUT2D eigenvalue weighted by Gasteiger charge is -2.35. The number of oxazole rings is 1. The van der Waals surface area contributed by atoms with Crippen LogP contribution < -0.4 is 21.1 Å². The first-order valence-electron chi connectivity index (χ1n) is 13.1. The zero-order valence-electron chi connectivity index (χ0n) is 22.0. The molecule has 2 fully saturated rings. The molecular formula is C27H30F3N5O5. The highest BCUT2D eigenvalue weighted by Gasteiger charge is 2.36. The van der Waals surface area contributed by atoms with Crippen LogP contribution in [0.1, 0.15) is 73.4 Å². The summed E-state index contributed by atoms with van der Waals surface area (Å²) in [5.41, 5.74) is 5.25. The van der Waals surface area contributed by atoms with E-state index in [0.29, 0.717) is 23.8 Å². The number of methoxy groups -OCH3 is 1. The average Bonchev–Trinajstić information content (AvgIpc) is 3.56. The number of carbonyl (C=O) groups is 2. The lowest BCUT2D eigenvalue weighted by Crippen LogP contribution is -2.50. The van der Waals surface area contributed by atoms with E-state index in [9.17, 15) is 22.8 Å². The molecule has 2 amide bonds. The maximum atomic E-state index is 13.3. The van der Waals surface area contributed by atoms with Crippen molar-refractivity contribution < 1.29 is 36.7 Å². The number of alkyl carbamates (subject to hydrolysis) is 1. The molecule has 2 saturated carbocycles. The third-order valence-corrected chi connectivity index (χ3v) is 7.22. The topological polar surface area (TPSA) is 142 Å². The summed E-state index contributed by atoms with van der Waals surface area (Å²) in [5, 5.41) is 6.04. The molecule has 40 heavy (non-hydrogen) atoms. The van der Waals surface area contributed by atoms with Crippen LogP contribution in [-0.2, 0) is 10.9 Å². The number of benzene rings is 1. The Bertz CT molecular complexity index is 1410. The van der Waals surface area contributed by atoms with Crippen molar-refractivity contribution in [2.45, 2.75) is 75.9 Å². The molecule has 214 valence electrons. The quantitative estimate of drug-likeness (QED) is 0.371. The number of ether oxygens (including phenoxy) is 2. The number of alkyl halides is 3. The lowest BCUT2D eigenvalue weighted by molar-refractivity contribution is -0.140. The predicted octanol–water partition coefficient (Wildman–Crippen LogP) is 4.87. The van der Waals surface area contributed by atoms with Gasteiger partial charge in [0.25, 0.3) is 5.91 Å². The fraction of sp³-hybridized carbons (Fsp3) is 0.481. The van der Waals surface area contributed by atoms with Crippen molar-refractivity contribution in [1.82, 2.24) is 20.6 Å². The SMILES string of the molecule is COc1ccc(-c2nc(C(=O)NC3CC(OC(=O)NC4CCCC4)C3)c([C@H](C)N)o2)c2ccc(C(F)(F)F)nc12. The largest absolute Gasteiger partial charge is 0.494 e. The van der Waals surface area contributed by atoms with Crippen LogP contribution in [0.25, 0.3) is 22.4 Å². The Balaban J connectivity index is 1.32. The molecule has 1 atom stereocenters. The molecule has 13 heteroatoms. The first-order valence-corrected chi connectivity index (χ1v) is 13.1. The zero-order valence-corrected chi connectivity index (χ0v) is 22.0. The van der Waals surface area contributed by atoms with Crippen molar-refractivity contribution in [3.8, 4) is 17.2 Å². The van der Waals surface area contributed by atoms with Gasteiger partial charge in [0.15, 0.2) is 11.5 Å². The van der Waals surface area contributed by atoms with E-state index in [1.165, 1.54) is 19.2 Å². The van der Waals surface area contributed by atoms with Crippen molar-refractivity contribution >= 4 is 22.9 Å². The highest BCUT2D eigenvalue weighted by atomic mass is 19.4. The summed E-state index contributed by atoms with van der Waals surface area (Å²) in [4.78, 5) is 33.3. The summed E-state index contributed by atoms with van der Waals surface area (Å²) in [6, 6.07) is 4.37. The van der Waals surface area contributed by atoms with E-state index in [4.69, 9.17) is 19.6 Å². The molecule has 10 nitrogen and oxygen atoms in total. The summed E-state index contributed by atoms with van der Waals surface area (Å²) in [7, 11) is 1.33. The second kappa shape index (κ2) is 11.0. The molecule has 2 aliphatic carbocycles. The van der Waals surface area contributed by atoms with Crippen molar-refractivity contribution in [3.05, 3.63) is 41.4 Å². The Morgan fingerprint density at radius 3 is 2.45 bits per heavy atom. The van der Waals surface area contributed by atoms with Gasteiger partial charge >= 0.3 is 12.3 Å². The van der Waals surface area contributed by atoms with Gasteiger partial charge in [0.2, 0.25) is 5.89 Å². The number of nitrogens with one attached hydrogen (secondary N) is 2. The minimum atomic E-state index is -4.64. The maximum Gasteiger partial charge on any atom is 0.433 e. The zero-order chi connectivity index (χ0) is 28.6. The molecule has 0 bridgehead atoms. The Morgan fingerprint density at radius 2 is 1.80 bits per heavy atom. The molecule has 0 radical (unpaired) electrons. The van der Waals surface area contributed by atoms with Crippen LogP contribution in [-0.4, -0.2) is 47.3 Å². The number of hydrogen-bond acceptors (Lipinski definition) is 8.